The normalized spacial score (nSPS) is 22.9. The first-order valence-electron chi connectivity index (χ1n) is 5.70. The summed E-state index contributed by atoms with van der Waals surface area (Å²) in [4.78, 5) is 8.43. The molecule has 2 N–H and O–H groups in total. The lowest BCUT2D eigenvalue weighted by molar-refractivity contribution is -0.144. The maximum absolute atomic E-state index is 12.5. The summed E-state index contributed by atoms with van der Waals surface area (Å²) in [5.74, 6) is 0.0272. The summed E-state index contributed by atoms with van der Waals surface area (Å²) in [5, 5.41) is 0. The molecule has 7 heteroatoms. The number of hydrogen-bond donors (Lipinski definition) is 1. The van der Waals surface area contributed by atoms with Crippen molar-refractivity contribution in [2.75, 3.05) is 24.2 Å². The molecule has 0 bridgehead atoms. The molecule has 1 saturated carbocycles. The van der Waals surface area contributed by atoms with Gasteiger partial charge in [0.1, 0.15) is 11.6 Å². The molecule has 0 radical (unpaired) electrons. The van der Waals surface area contributed by atoms with E-state index in [-0.39, 0.29) is 11.6 Å². The van der Waals surface area contributed by atoms with E-state index in [0.29, 0.717) is 18.4 Å². The van der Waals surface area contributed by atoms with Crippen LogP contribution < -0.4 is 10.6 Å². The van der Waals surface area contributed by atoms with Crippen LogP contribution in [0.5, 0.6) is 0 Å². The van der Waals surface area contributed by atoms with Gasteiger partial charge in [0.15, 0.2) is 0 Å². The molecule has 4 nitrogen and oxygen atoms in total. The highest BCUT2D eigenvalue weighted by atomic mass is 19.4. The SMILES string of the molecule is CC1CC1CN(C)c1cc(N)nc(C(F)(F)F)n1. The van der Waals surface area contributed by atoms with Gasteiger partial charge in [0.05, 0.1) is 0 Å². The van der Waals surface area contributed by atoms with Crippen LogP contribution in [0, 0.1) is 11.8 Å². The highest BCUT2D eigenvalue weighted by Crippen LogP contribution is 2.38. The molecular weight excluding hydrogens is 245 g/mol. The van der Waals surface area contributed by atoms with Crippen LogP contribution in [0.3, 0.4) is 0 Å². The summed E-state index contributed by atoms with van der Waals surface area (Å²) in [6, 6.07) is 1.36. The van der Waals surface area contributed by atoms with E-state index in [9.17, 15) is 13.2 Å². The molecule has 1 aromatic rings. The van der Waals surface area contributed by atoms with Crippen molar-refractivity contribution in [3.63, 3.8) is 0 Å². The zero-order valence-corrected chi connectivity index (χ0v) is 10.2. The molecule has 18 heavy (non-hydrogen) atoms. The Bertz CT molecular complexity index is 446. The van der Waals surface area contributed by atoms with E-state index in [2.05, 4.69) is 16.9 Å². The van der Waals surface area contributed by atoms with Crippen molar-refractivity contribution in [1.82, 2.24) is 9.97 Å². The number of rotatable bonds is 3. The predicted molar refractivity (Wildman–Crippen MR) is 62.0 cm³/mol. The van der Waals surface area contributed by atoms with E-state index in [1.54, 1.807) is 11.9 Å². The number of aromatic nitrogens is 2. The molecule has 0 amide bonds. The van der Waals surface area contributed by atoms with Crippen molar-refractivity contribution >= 4 is 11.6 Å². The van der Waals surface area contributed by atoms with Gasteiger partial charge < -0.3 is 10.6 Å². The molecule has 1 aromatic heterocycles. The van der Waals surface area contributed by atoms with Crippen molar-refractivity contribution in [2.45, 2.75) is 19.5 Å². The van der Waals surface area contributed by atoms with Crippen LogP contribution in [0.4, 0.5) is 24.8 Å². The zero-order valence-electron chi connectivity index (χ0n) is 10.2. The van der Waals surface area contributed by atoms with Crippen molar-refractivity contribution in [1.29, 1.82) is 0 Å². The fourth-order valence-electron chi connectivity index (χ4n) is 1.87. The number of anilines is 2. The first-order chi connectivity index (χ1) is 8.27. The first kappa shape index (κ1) is 12.9. The second-order valence-corrected chi connectivity index (χ2v) is 4.83. The summed E-state index contributed by atoms with van der Waals surface area (Å²) < 4.78 is 37.6. The smallest absolute Gasteiger partial charge is 0.384 e. The van der Waals surface area contributed by atoms with Gasteiger partial charge in [-0.3, -0.25) is 0 Å². The van der Waals surface area contributed by atoms with Gasteiger partial charge in [0, 0.05) is 19.7 Å². The lowest BCUT2D eigenvalue weighted by Gasteiger charge is -2.19. The Labute approximate surface area is 103 Å². The Morgan fingerprint density at radius 3 is 2.56 bits per heavy atom. The summed E-state index contributed by atoms with van der Waals surface area (Å²) in [6.07, 6.45) is -3.46. The minimum absolute atomic E-state index is 0.164. The number of nitrogens with zero attached hydrogens (tertiary/aromatic N) is 3. The van der Waals surface area contributed by atoms with Gasteiger partial charge in [-0.1, -0.05) is 6.92 Å². The van der Waals surface area contributed by atoms with E-state index in [1.165, 1.54) is 6.07 Å². The Morgan fingerprint density at radius 1 is 1.44 bits per heavy atom. The van der Waals surface area contributed by atoms with Crippen LogP contribution in [0.25, 0.3) is 0 Å². The van der Waals surface area contributed by atoms with Gasteiger partial charge in [-0.25, -0.2) is 9.97 Å². The molecule has 100 valence electrons. The van der Waals surface area contributed by atoms with Crippen molar-refractivity contribution < 1.29 is 13.2 Å². The fraction of sp³-hybridized carbons (Fsp3) is 0.636. The number of hydrogen-bond acceptors (Lipinski definition) is 4. The van der Waals surface area contributed by atoms with Gasteiger partial charge in [-0.2, -0.15) is 13.2 Å². The molecular formula is C11H15F3N4. The monoisotopic (exact) mass is 260 g/mol. The standard InChI is InChI=1S/C11H15F3N4/c1-6-3-7(6)5-18(2)9-4-8(15)16-10(17-9)11(12,13)14/h4,6-7H,3,5H2,1-2H3,(H2,15,16,17). The largest absolute Gasteiger partial charge is 0.451 e. The number of halogens is 3. The topological polar surface area (TPSA) is 55.0 Å². The summed E-state index contributed by atoms with van der Waals surface area (Å²) in [6.45, 7) is 2.81. The molecule has 1 aliphatic rings. The van der Waals surface area contributed by atoms with E-state index in [1.807, 2.05) is 0 Å². The Kier molecular flexibility index (Phi) is 3.08. The van der Waals surface area contributed by atoms with Crippen LogP contribution in [0.2, 0.25) is 0 Å². The molecule has 1 heterocycles. The van der Waals surface area contributed by atoms with Gasteiger partial charge >= 0.3 is 6.18 Å². The minimum Gasteiger partial charge on any atom is -0.384 e. The number of alkyl halides is 3. The van der Waals surface area contributed by atoms with Gasteiger partial charge in [0.25, 0.3) is 0 Å². The van der Waals surface area contributed by atoms with Crippen LogP contribution in [0.15, 0.2) is 6.07 Å². The van der Waals surface area contributed by atoms with Crippen molar-refractivity contribution in [2.24, 2.45) is 11.8 Å². The molecule has 0 spiro atoms. The lowest BCUT2D eigenvalue weighted by Crippen LogP contribution is -2.24. The second kappa shape index (κ2) is 4.29. The molecule has 1 aliphatic carbocycles. The third-order valence-electron chi connectivity index (χ3n) is 3.16. The van der Waals surface area contributed by atoms with Crippen LogP contribution >= 0.6 is 0 Å². The quantitative estimate of drug-likeness (QED) is 0.905. The third kappa shape index (κ3) is 2.83. The van der Waals surface area contributed by atoms with Crippen molar-refractivity contribution in [3.8, 4) is 0 Å². The highest BCUT2D eigenvalue weighted by molar-refractivity contribution is 5.46. The Hall–Kier alpha value is -1.53. The van der Waals surface area contributed by atoms with E-state index in [0.717, 1.165) is 6.42 Å². The Balaban J connectivity index is 2.19. The van der Waals surface area contributed by atoms with Crippen LogP contribution in [-0.2, 0) is 6.18 Å². The van der Waals surface area contributed by atoms with Gasteiger partial charge in [-0.05, 0) is 18.3 Å². The molecule has 0 aromatic carbocycles. The van der Waals surface area contributed by atoms with Crippen LogP contribution in [-0.4, -0.2) is 23.6 Å². The molecule has 0 saturated heterocycles. The van der Waals surface area contributed by atoms with Crippen LogP contribution in [0.1, 0.15) is 19.2 Å². The third-order valence-corrected chi connectivity index (χ3v) is 3.16. The maximum Gasteiger partial charge on any atom is 0.451 e. The molecule has 2 rings (SSSR count). The minimum atomic E-state index is -4.57. The summed E-state index contributed by atoms with van der Waals surface area (Å²) >= 11 is 0. The van der Waals surface area contributed by atoms with Crippen molar-refractivity contribution in [3.05, 3.63) is 11.9 Å². The first-order valence-corrected chi connectivity index (χ1v) is 5.70. The predicted octanol–water partition coefficient (Wildman–Crippen LogP) is 2.17. The van der Waals surface area contributed by atoms with Gasteiger partial charge in [0.2, 0.25) is 5.82 Å². The molecule has 2 atom stereocenters. The number of nitrogen functional groups attached to an aromatic ring is 1. The lowest BCUT2D eigenvalue weighted by atomic mass is 10.3. The van der Waals surface area contributed by atoms with Gasteiger partial charge in [-0.15, -0.1) is 0 Å². The van der Waals surface area contributed by atoms with E-state index < -0.39 is 12.0 Å². The zero-order chi connectivity index (χ0) is 13.5. The molecule has 0 aliphatic heterocycles. The number of nitrogens with two attached hydrogens (primary N) is 1. The maximum atomic E-state index is 12.5. The fourth-order valence-corrected chi connectivity index (χ4v) is 1.87. The summed E-state index contributed by atoms with van der Waals surface area (Å²) in [7, 11) is 1.72. The molecule has 1 fully saturated rings. The highest BCUT2D eigenvalue weighted by Gasteiger charge is 2.37. The second-order valence-electron chi connectivity index (χ2n) is 4.83. The Morgan fingerprint density at radius 2 is 2.06 bits per heavy atom. The molecule has 2 unspecified atom stereocenters. The van der Waals surface area contributed by atoms with E-state index >= 15 is 0 Å². The summed E-state index contributed by atoms with van der Waals surface area (Å²) in [5.41, 5.74) is 5.39. The average molecular weight is 260 g/mol. The van der Waals surface area contributed by atoms with E-state index in [4.69, 9.17) is 5.73 Å². The average Bonchev–Trinajstić information content (AvgIpc) is 2.92.